The third-order valence-corrected chi connectivity index (χ3v) is 11.2. The highest BCUT2D eigenvalue weighted by atomic mass is 31.2. The topological polar surface area (TPSA) is 335 Å². The van der Waals surface area contributed by atoms with Gasteiger partial charge >= 0.3 is 43.0 Å². The molecule has 4 atom stereocenters. The van der Waals surface area contributed by atoms with Gasteiger partial charge in [-0.2, -0.15) is 0 Å². The molecule has 0 amide bonds. The van der Waals surface area contributed by atoms with Crippen LogP contribution in [0.1, 0.15) is 97.3 Å². The Morgan fingerprint density at radius 1 is 0.721 bits per heavy atom. The Morgan fingerprint density at radius 3 is 1.59 bits per heavy atom. The SMILES string of the molecule is CC(=O)OC(COP(=O)(O)O)C(F)F.CC(=O)OC(COP(C)(=O)O)CC(F)F.NC(CCOP(=O)(O)O)CC1CCCC1.O=P(O)(O)OCCC1(CC2CCCC2)COC1. The van der Waals surface area contributed by atoms with Crippen molar-refractivity contribution in [1.29, 1.82) is 0 Å². The van der Waals surface area contributed by atoms with Crippen LogP contribution in [0.25, 0.3) is 0 Å². The highest BCUT2D eigenvalue weighted by Gasteiger charge is 2.41. The summed E-state index contributed by atoms with van der Waals surface area (Å²) in [5, 5.41) is 0. The molecular formula is C32H63F4NO20P4. The van der Waals surface area contributed by atoms with Crippen molar-refractivity contribution in [2.45, 2.75) is 128 Å². The fourth-order valence-corrected chi connectivity index (χ4v) is 7.88. The van der Waals surface area contributed by atoms with Crippen LogP contribution in [0.4, 0.5) is 17.6 Å². The molecule has 0 radical (unpaired) electrons. The van der Waals surface area contributed by atoms with Crippen molar-refractivity contribution in [2.75, 3.05) is 46.3 Å². The standard InChI is InChI=1S/C11H21O5P.C9H20NO4P.C7H13F2O5P.C5H9F2O6P/c12-17(13,14)16-6-5-11(8-15-9-11)7-10-3-1-2-4-10;10-9(5-6-14-15(11,12)13)7-8-3-1-2-4-8;1-5(10)14-6(3-7(8)9)4-13-15(2,11)12;1-3(8)13-4(5(6)7)2-12-14(9,10)11/h10H,1-9H2,(H2,12,13,14);8-9H,1-7,10H2,(H2,11,12,13);6-7H,3-4H2,1-2H3,(H,11,12);4-5H,2H2,1H3,(H2,9,10,11). The lowest BCUT2D eigenvalue weighted by Gasteiger charge is -2.43. The highest BCUT2D eigenvalue weighted by molar-refractivity contribution is 7.51. The first-order valence-corrected chi connectivity index (χ1v) is 25.8. The maximum Gasteiger partial charge on any atom is 0.469 e. The van der Waals surface area contributed by atoms with Gasteiger partial charge in [0.05, 0.1) is 33.0 Å². The summed E-state index contributed by atoms with van der Waals surface area (Å²) in [5.74, 6) is -0.248. The molecule has 3 aliphatic rings. The van der Waals surface area contributed by atoms with Gasteiger partial charge in [-0.25, -0.2) is 31.3 Å². The van der Waals surface area contributed by atoms with E-state index in [9.17, 15) is 45.4 Å². The molecule has 3 rings (SSSR count). The van der Waals surface area contributed by atoms with Crippen molar-refractivity contribution in [2.24, 2.45) is 23.0 Å². The quantitative estimate of drug-likeness (QED) is 0.0372. The van der Waals surface area contributed by atoms with E-state index in [0.29, 0.717) is 32.0 Å². The van der Waals surface area contributed by atoms with Crippen LogP contribution >= 0.6 is 31.1 Å². The molecule has 1 aliphatic heterocycles. The molecule has 3 fully saturated rings. The highest BCUT2D eigenvalue weighted by Crippen LogP contribution is 2.45. The molecule has 2 aliphatic carbocycles. The fourth-order valence-electron chi connectivity index (χ4n) is 6.42. The Hall–Kier alpha value is -0.940. The van der Waals surface area contributed by atoms with E-state index in [4.69, 9.17) is 44.7 Å². The normalized spacial score (nSPS) is 19.5. The molecule has 1 saturated heterocycles. The molecule has 4 unspecified atom stereocenters. The van der Waals surface area contributed by atoms with E-state index in [-0.39, 0.29) is 24.7 Å². The van der Waals surface area contributed by atoms with Gasteiger partial charge in [-0.05, 0) is 37.5 Å². The predicted octanol–water partition coefficient (Wildman–Crippen LogP) is 5.17. The van der Waals surface area contributed by atoms with Gasteiger partial charge in [0.15, 0.2) is 6.10 Å². The largest absolute Gasteiger partial charge is 0.469 e. The summed E-state index contributed by atoms with van der Waals surface area (Å²) < 4.78 is 121. The minimum Gasteiger partial charge on any atom is -0.460 e. The monoisotopic (exact) mass is 981 g/mol. The molecule has 2 saturated carbocycles. The van der Waals surface area contributed by atoms with Gasteiger partial charge in [-0.15, -0.1) is 0 Å². The van der Waals surface area contributed by atoms with Gasteiger partial charge in [0, 0.05) is 38.4 Å². The molecule has 29 heteroatoms. The van der Waals surface area contributed by atoms with E-state index in [1.807, 2.05) is 0 Å². The molecule has 0 aromatic rings. The maximum absolute atomic E-state index is 12.0. The molecule has 0 aromatic heterocycles. The minimum absolute atomic E-state index is 0.000324. The van der Waals surface area contributed by atoms with Gasteiger partial charge in [-0.1, -0.05) is 51.4 Å². The summed E-state index contributed by atoms with van der Waals surface area (Å²) in [7, 11) is -17.2. The zero-order valence-electron chi connectivity index (χ0n) is 34.3. The summed E-state index contributed by atoms with van der Waals surface area (Å²) in [6.07, 6.45) is 3.93. The number of ether oxygens (including phenoxy) is 3. The number of alkyl halides is 4. The molecule has 1 heterocycles. The van der Waals surface area contributed by atoms with E-state index in [1.165, 1.54) is 51.4 Å². The van der Waals surface area contributed by atoms with E-state index in [2.05, 4.69) is 27.6 Å². The number of rotatable bonds is 23. The Labute approximate surface area is 352 Å². The zero-order chi connectivity index (χ0) is 47.1. The van der Waals surface area contributed by atoms with Crippen LogP contribution in [0.3, 0.4) is 0 Å². The lowest BCUT2D eigenvalue weighted by Crippen LogP contribution is -2.44. The lowest BCUT2D eigenvalue weighted by molar-refractivity contribution is -0.157. The number of halogens is 4. The van der Waals surface area contributed by atoms with E-state index < -0.39 is 87.7 Å². The molecule has 0 bridgehead atoms. The van der Waals surface area contributed by atoms with Crippen molar-refractivity contribution in [1.82, 2.24) is 0 Å². The van der Waals surface area contributed by atoms with Crippen molar-refractivity contribution in [3.63, 3.8) is 0 Å². The van der Waals surface area contributed by atoms with Gasteiger partial charge in [-0.3, -0.25) is 27.7 Å². The average Bonchev–Trinajstić information content (AvgIpc) is 3.77. The lowest BCUT2D eigenvalue weighted by atomic mass is 9.75. The smallest absolute Gasteiger partial charge is 0.460 e. The number of phosphoric ester groups is 3. The first-order chi connectivity index (χ1) is 27.9. The van der Waals surface area contributed by atoms with Crippen molar-refractivity contribution < 1.29 is 112 Å². The van der Waals surface area contributed by atoms with E-state index in [0.717, 1.165) is 39.3 Å². The maximum atomic E-state index is 12.0. The Kier molecular flexibility index (Phi) is 29.1. The van der Waals surface area contributed by atoms with Crippen LogP contribution in [-0.4, -0.2) is 124 Å². The summed E-state index contributed by atoms with van der Waals surface area (Å²) in [5.41, 5.74) is 5.97. The third kappa shape index (κ3) is 36.0. The molecule has 9 N–H and O–H groups in total. The second-order valence-electron chi connectivity index (χ2n) is 14.9. The van der Waals surface area contributed by atoms with Crippen LogP contribution < -0.4 is 5.73 Å². The molecular weight excluding hydrogens is 918 g/mol. The van der Waals surface area contributed by atoms with Crippen LogP contribution in [0, 0.1) is 17.3 Å². The Bertz CT molecular complexity index is 1430. The number of hydrogen-bond donors (Lipinski definition) is 8. The number of phosphoric acid groups is 3. The second kappa shape index (κ2) is 29.6. The number of carbonyl (C=O) groups excluding carboxylic acids is 2. The first kappa shape index (κ1) is 60.1. The van der Waals surface area contributed by atoms with Crippen LogP contribution in [0.5, 0.6) is 0 Å². The first-order valence-electron chi connectivity index (χ1n) is 19.2. The zero-order valence-corrected chi connectivity index (χ0v) is 37.9. The molecule has 21 nitrogen and oxygen atoms in total. The molecule has 61 heavy (non-hydrogen) atoms. The average molecular weight is 982 g/mol. The van der Waals surface area contributed by atoms with Gasteiger partial charge < -0.3 is 58.7 Å². The van der Waals surface area contributed by atoms with Gasteiger partial charge in [0.1, 0.15) is 12.7 Å². The number of nitrogens with two attached hydrogens (primary N) is 1. The number of carbonyl (C=O) groups is 2. The van der Waals surface area contributed by atoms with Gasteiger partial charge in [0.2, 0.25) is 6.43 Å². The third-order valence-electron chi connectivity index (χ3n) is 9.04. The van der Waals surface area contributed by atoms with E-state index >= 15 is 0 Å². The predicted molar refractivity (Wildman–Crippen MR) is 207 cm³/mol. The Morgan fingerprint density at radius 2 is 1.20 bits per heavy atom. The summed E-state index contributed by atoms with van der Waals surface area (Å²) in [4.78, 5) is 80.1. The molecule has 364 valence electrons. The van der Waals surface area contributed by atoms with Crippen molar-refractivity contribution >= 4 is 43.0 Å². The summed E-state index contributed by atoms with van der Waals surface area (Å²) in [6.45, 7) is 2.90. The molecule has 0 spiro atoms. The fraction of sp³-hybridized carbons (Fsp3) is 0.938. The van der Waals surface area contributed by atoms with Crippen LogP contribution in [0.15, 0.2) is 0 Å². The Balaban J connectivity index is 0.000000790. The summed E-state index contributed by atoms with van der Waals surface area (Å²) in [6, 6.07) is -0.000324. The van der Waals surface area contributed by atoms with Crippen LogP contribution in [-0.2, 0) is 60.2 Å². The minimum atomic E-state index is -4.83. The second-order valence-corrected chi connectivity index (χ2v) is 20.5. The molecule has 0 aromatic carbocycles. The summed E-state index contributed by atoms with van der Waals surface area (Å²) >= 11 is 0. The van der Waals surface area contributed by atoms with Gasteiger partial charge in [0.25, 0.3) is 6.43 Å². The number of hydrogen-bond acceptors (Lipinski definition) is 14. The van der Waals surface area contributed by atoms with E-state index in [1.54, 1.807) is 0 Å². The van der Waals surface area contributed by atoms with Crippen molar-refractivity contribution in [3.8, 4) is 0 Å². The van der Waals surface area contributed by atoms with Crippen LogP contribution in [0.2, 0.25) is 0 Å². The number of esters is 2. The van der Waals surface area contributed by atoms with Crippen molar-refractivity contribution in [3.05, 3.63) is 0 Å².